The first-order valence-corrected chi connectivity index (χ1v) is 26.2. The van der Waals surface area contributed by atoms with E-state index in [1.165, 1.54) is 76.1 Å². The Balaban J connectivity index is 0.000000214. The van der Waals surface area contributed by atoms with Crippen LogP contribution in [-0.2, 0) is 46.5 Å². The van der Waals surface area contributed by atoms with Crippen LogP contribution in [0.15, 0.2) is 84.9 Å². The summed E-state index contributed by atoms with van der Waals surface area (Å²) in [5.41, 5.74) is 5.65. The molecule has 0 unspecified atom stereocenters. The molecule has 2 radical (unpaired) electrons. The van der Waals surface area contributed by atoms with Crippen molar-refractivity contribution in [2.45, 2.75) is 80.3 Å². The van der Waals surface area contributed by atoms with Gasteiger partial charge in [0, 0.05) is 29.0 Å². The molecule has 2 aromatic heterocycles. The third kappa shape index (κ3) is 11.4. The Morgan fingerprint density at radius 1 is 0.652 bits per heavy atom. The monoisotopic (exact) mass is 780 g/mol. The molecule has 0 nitrogen and oxygen atoms in total. The quantitative estimate of drug-likeness (QED) is 0.107. The summed E-state index contributed by atoms with van der Waals surface area (Å²) in [4.78, 5) is 5.79. The van der Waals surface area contributed by atoms with Crippen LogP contribution in [0.2, 0.25) is 13.1 Å². The van der Waals surface area contributed by atoms with E-state index in [4.69, 9.17) is 17.0 Å². The van der Waals surface area contributed by atoms with Crippen molar-refractivity contribution in [1.29, 1.82) is 0 Å². The molecule has 0 aliphatic carbocycles. The second-order valence-corrected chi connectivity index (χ2v) is 19.4. The van der Waals surface area contributed by atoms with Crippen LogP contribution >= 0.6 is 39.7 Å². The second kappa shape index (κ2) is 20.3. The molecule has 46 heavy (non-hydrogen) atoms. The van der Waals surface area contributed by atoms with Crippen LogP contribution in [0.1, 0.15) is 62.4 Å². The summed E-state index contributed by atoms with van der Waals surface area (Å²) < 4.78 is 0. The van der Waals surface area contributed by atoms with Gasteiger partial charge in [-0.3, -0.25) is 0 Å². The summed E-state index contributed by atoms with van der Waals surface area (Å²) in [7, 11) is 11.0. The Bertz CT molecular complexity index is 1610. The maximum absolute atomic E-state index is 4.93. The van der Waals surface area contributed by atoms with E-state index < -0.39 is 20.8 Å². The van der Waals surface area contributed by atoms with Crippen molar-refractivity contribution < 1.29 is 20.8 Å². The van der Waals surface area contributed by atoms with Crippen LogP contribution in [-0.4, -0.2) is 9.52 Å². The Hall–Kier alpha value is -1.26. The van der Waals surface area contributed by atoms with Gasteiger partial charge in [0.15, 0.2) is 0 Å². The van der Waals surface area contributed by atoms with Gasteiger partial charge in [-0.1, -0.05) is 77.9 Å². The average molecular weight is 783 g/mol. The van der Waals surface area contributed by atoms with E-state index in [9.17, 15) is 0 Å². The Kier molecular flexibility index (Phi) is 17.3. The van der Waals surface area contributed by atoms with Gasteiger partial charge in [-0.05, 0) is 61.8 Å². The summed E-state index contributed by atoms with van der Waals surface area (Å²) in [6.07, 6.45) is 4.58. The third-order valence-electron chi connectivity index (χ3n) is 7.51. The van der Waals surface area contributed by atoms with Crippen LogP contribution in [0.3, 0.4) is 0 Å². The van der Waals surface area contributed by atoms with Crippen LogP contribution < -0.4 is 0 Å². The Labute approximate surface area is 307 Å². The molecule has 0 aliphatic rings. The van der Waals surface area contributed by atoms with Gasteiger partial charge in [0.25, 0.3) is 0 Å². The normalized spacial score (nSPS) is 10.7. The number of hydrogen-bond donors (Lipinski definition) is 0. The first-order valence-electron chi connectivity index (χ1n) is 16.3. The van der Waals surface area contributed by atoms with Gasteiger partial charge in [-0.15, -0.1) is 91.7 Å². The second-order valence-electron chi connectivity index (χ2n) is 12.4. The zero-order valence-electron chi connectivity index (χ0n) is 28.6. The molecule has 0 aliphatic heterocycles. The van der Waals surface area contributed by atoms with Crippen molar-refractivity contribution >= 4 is 70.8 Å². The standard InChI is InChI=1S/2C19H21S.C2H6Si.2ClH.Zr/c2*1-4-14-11-15-6-5-7-17(18(15)12-14)19-9-8-16(20-19)10-13(2)3;1-3-2;;;/h2*5-9,11-13H,4,10H2,1-3H3;1-2H3;2*1H;/q2*-1;;;;+4/p-2. The van der Waals surface area contributed by atoms with Crippen molar-refractivity contribution in [2.75, 3.05) is 0 Å². The van der Waals surface area contributed by atoms with Gasteiger partial charge in [0.05, 0.1) is 0 Å². The van der Waals surface area contributed by atoms with Gasteiger partial charge in [0.2, 0.25) is 0 Å². The maximum atomic E-state index is 4.93. The fourth-order valence-corrected chi connectivity index (χ4v) is 8.02. The van der Waals surface area contributed by atoms with Crippen molar-refractivity contribution in [3.05, 3.63) is 106 Å². The Morgan fingerprint density at radius 3 is 1.35 bits per heavy atom. The van der Waals surface area contributed by atoms with E-state index in [2.05, 4.69) is 140 Å². The number of aryl methyl sites for hydroxylation is 2. The molecule has 2 heterocycles. The Morgan fingerprint density at radius 2 is 1.02 bits per heavy atom. The molecule has 4 aromatic carbocycles. The summed E-state index contributed by atoms with van der Waals surface area (Å²) in [6, 6.07) is 31.8. The molecular formula is C40H48Cl2S2SiZr. The van der Waals surface area contributed by atoms with E-state index in [1.54, 1.807) is 0 Å². The zero-order chi connectivity index (χ0) is 33.6. The number of fused-ring (bicyclic) bond motifs is 2. The number of hydrogen-bond acceptors (Lipinski definition) is 2. The first-order chi connectivity index (χ1) is 22.2. The van der Waals surface area contributed by atoms with Gasteiger partial charge < -0.3 is 0 Å². The summed E-state index contributed by atoms with van der Waals surface area (Å²) in [5.74, 6) is 1.45. The van der Waals surface area contributed by atoms with Gasteiger partial charge in [0.1, 0.15) is 0 Å². The van der Waals surface area contributed by atoms with Gasteiger partial charge in [-0.25, -0.2) is 0 Å². The van der Waals surface area contributed by atoms with E-state index in [1.807, 2.05) is 22.7 Å². The van der Waals surface area contributed by atoms with E-state index in [0.717, 1.165) is 34.2 Å². The van der Waals surface area contributed by atoms with E-state index in [0.29, 0.717) is 0 Å². The van der Waals surface area contributed by atoms with Crippen molar-refractivity contribution in [1.82, 2.24) is 0 Å². The minimum absolute atomic E-state index is 0.725. The van der Waals surface area contributed by atoms with Crippen LogP contribution in [0.5, 0.6) is 0 Å². The number of thiophene rings is 2. The first kappa shape index (κ1) is 39.2. The third-order valence-corrected chi connectivity index (χ3v) is 9.79. The SMILES string of the molecule is CCc1cc2c(-c3ccc(CC(C)C)s3)cccc2[cH-]1.CCc1cc2c(-c3ccc(CC(C)C)s3)cccc2[cH-]1.C[Si]C.[Cl][Zr+2][Cl]. The van der Waals surface area contributed by atoms with Gasteiger partial charge in [-0.2, -0.15) is 12.1 Å². The molecule has 0 amide bonds. The topological polar surface area (TPSA) is 0 Å². The van der Waals surface area contributed by atoms with E-state index >= 15 is 0 Å². The summed E-state index contributed by atoms with van der Waals surface area (Å²) >= 11 is 3.07. The predicted octanol–water partition coefficient (Wildman–Crippen LogP) is 14.3. The number of halogens is 2. The van der Waals surface area contributed by atoms with Crippen molar-refractivity contribution in [3.63, 3.8) is 0 Å². The molecular weight excluding hydrogens is 735 g/mol. The predicted molar refractivity (Wildman–Crippen MR) is 211 cm³/mol. The van der Waals surface area contributed by atoms with Crippen molar-refractivity contribution in [2.24, 2.45) is 11.8 Å². The molecule has 0 fully saturated rings. The molecule has 6 rings (SSSR count). The molecule has 6 heteroatoms. The molecule has 0 saturated carbocycles. The molecule has 0 saturated heterocycles. The number of benzene rings is 2. The van der Waals surface area contributed by atoms with Crippen LogP contribution in [0.4, 0.5) is 0 Å². The molecule has 0 N–H and O–H groups in total. The van der Waals surface area contributed by atoms with Crippen molar-refractivity contribution in [3.8, 4) is 20.9 Å². The zero-order valence-corrected chi connectivity index (χ0v) is 35.2. The molecule has 0 atom stereocenters. The average Bonchev–Trinajstić information content (AvgIpc) is 3.83. The molecule has 6 aromatic rings. The minimum atomic E-state index is -0.826. The van der Waals surface area contributed by atoms with Crippen LogP contribution in [0.25, 0.3) is 42.4 Å². The molecule has 242 valence electrons. The van der Waals surface area contributed by atoms with Crippen LogP contribution in [0, 0.1) is 11.8 Å². The molecule has 0 spiro atoms. The van der Waals surface area contributed by atoms with E-state index in [-0.39, 0.29) is 0 Å². The summed E-state index contributed by atoms with van der Waals surface area (Å²) in [5, 5.41) is 5.56. The fraction of sp³-hybridized carbons (Fsp3) is 0.350. The number of rotatable bonds is 8. The molecule has 0 bridgehead atoms. The fourth-order valence-electron chi connectivity index (χ4n) is 5.50. The van der Waals surface area contributed by atoms with Gasteiger partial charge >= 0.3 is 37.9 Å². The summed E-state index contributed by atoms with van der Waals surface area (Å²) in [6.45, 7) is 17.9.